The molecule has 0 aliphatic rings. The van der Waals surface area contributed by atoms with Gasteiger partial charge in [0.15, 0.2) is 0 Å². The Kier molecular flexibility index (Phi) is 5.82. The predicted molar refractivity (Wildman–Crippen MR) is 107 cm³/mol. The van der Waals surface area contributed by atoms with Crippen LogP contribution in [-0.4, -0.2) is 17.9 Å². The average Bonchev–Trinajstić information content (AvgIpc) is 2.65. The largest absolute Gasteiger partial charge is 0.324 e. The number of hydrogen-bond acceptors (Lipinski definition) is 2. The van der Waals surface area contributed by atoms with Crippen molar-refractivity contribution in [2.24, 2.45) is 0 Å². The monoisotopic (exact) mass is 344 g/mol. The zero-order chi connectivity index (χ0) is 18.4. The molecule has 1 N–H and O–H groups in total. The number of nitrogens with one attached hydrogen (secondary N) is 1. The molecule has 1 atom stereocenters. The lowest BCUT2D eigenvalue weighted by Gasteiger charge is -2.27. The Bertz CT molecular complexity index is 829. The molecular weight excluding hydrogens is 320 g/mol. The summed E-state index contributed by atoms with van der Waals surface area (Å²) in [5.74, 6) is -0.0292. The van der Waals surface area contributed by atoms with Crippen molar-refractivity contribution in [2.75, 3.05) is 12.4 Å². The fourth-order valence-corrected chi connectivity index (χ4v) is 3.05. The van der Waals surface area contributed by atoms with Gasteiger partial charge in [0.05, 0.1) is 0 Å². The topological polar surface area (TPSA) is 32.3 Å². The molecule has 0 aromatic heterocycles. The summed E-state index contributed by atoms with van der Waals surface area (Å²) in [6.45, 7) is 2.73. The molecule has 0 aliphatic heterocycles. The average molecular weight is 344 g/mol. The van der Waals surface area contributed by atoms with E-state index in [9.17, 15) is 4.79 Å². The normalized spacial score (nSPS) is 12.0. The van der Waals surface area contributed by atoms with Crippen LogP contribution >= 0.6 is 0 Å². The SMILES string of the molecule is Cc1ccc(NC(=O)[C@H](c2ccccc2)N(C)Cc2ccccc2)cc1. The summed E-state index contributed by atoms with van der Waals surface area (Å²) in [5, 5.41) is 3.05. The summed E-state index contributed by atoms with van der Waals surface area (Å²) in [6.07, 6.45) is 0. The van der Waals surface area contributed by atoms with Gasteiger partial charge in [0.2, 0.25) is 5.91 Å². The maximum absolute atomic E-state index is 13.1. The minimum Gasteiger partial charge on any atom is -0.324 e. The van der Waals surface area contributed by atoms with Crippen molar-refractivity contribution in [3.05, 3.63) is 102 Å². The number of aryl methyl sites for hydroxylation is 1. The van der Waals surface area contributed by atoms with E-state index in [1.165, 1.54) is 11.1 Å². The number of likely N-dealkylation sites (N-methyl/N-ethyl adjacent to an activating group) is 1. The number of carbonyl (C=O) groups excluding carboxylic acids is 1. The zero-order valence-electron chi connectivity index (χ0n) is 15.2. The van der Waals surface area contributed by atoms with Gasteiger partial charge in [-0.1, -0.05) is 78.4 Å². The maximum atomic E-state index is 13.1. The van der Waals surface area contributed by atoms with E-state index in [2.05, 4.69) is 22.3 Å². The number of rotatable bonds is 6. The van der Waals surface area contributed by atoms with Crippen LogP contribution in [0.1, 0.15) is 22.7 Å². The van der Waals surface area contributed by atoms with E-state index in [1.807, 2.05) is 86.8 Å². The zero-order valence-corrected chi connectivity index (χ0v) is 15.2. The number of anilines is 1. The molecule has 0 radical (unpaired) electrons. The lowest BCUT2D eigenvalue weighted by atomic mass is 10.0. The van der Waals surface area contributed by atoms with Gasteiger partial charge < -0.3 is 5.32 Å². The van der Waals surface area contributed by atoms with Crippen molar-refractivity contribution in [3.8, 4) is 0 Å². The summed E-state index contributed by atoms with van der Waals surface area (Å²) < 4.78 is 0. The molecule has 0 fully saturated rings. The molecule has 26 heavy (non-hydrogen) atoms. The highest BCUT2D eigenvalue weighted by Crippen LogP contribution is 2.23. The van der Waals surface area contributed by atoms with Gasteiger partial charge in [0, 0.05) is 12.2 Å². The molecule has 3 nitrogen and oxygen atoms in total. The van der Waals surface area contributed by atoms with E-state index in [0.717, 1.165) is 11.3 Å². The van der Waals surface area contributed by atoms with E-state index in [0.29, 0.717) is 6.54 Å². The van der Waals surface area contributed by atoms with Crippen molar-refractivity contribution >= 4 is 11.6 Å². The Balaban J connectivity index is 1.83. The van der Waals surface area contributed by atoms with Gasteiger partial charge in [0.25, 0.3) is 0 Å². The van der Waals surface area contributed by atoms with Gasteiger partial charge in [-0.25, -0.2) is 0 Å². The Morgan fingerprint density at radius 1 is 0.885 bits per heavy atom. The van der Waals surface area contributed by atoms with Crippen LogP contribution in [0.2, 0.25) is 0 Å². The van der Waals surface area contributed by atoms with Crippen LogP contribution in [0.15, 0.2) is 84.9 Å². The molecule has 0 spiro atoms. The molecule has 0 unspecified atom stereocenters. The second-order valence-electron chi connectivity index (χ2n) is 6.57. The molecular formula is C23H24N2O. The van der Waals surface area contributed by atoms with Gasteiger partial charge in [-0.15, -0.1) is 0 Å². The molecule has 1 amide bonds. The summed E-state index contributed by atoms with van der Waals surface area (Å²) in [7, 11) is 1.99. The van der Waals surface area contributed by atoms with Crippen LogP contribution in [0.3, 0.4) is 0 Å². The van der Waals surface area contributed by atoms with Crippen LogP contribution in [0.25, 0.3) is 0 Å². The third-order valence-corrected chi connectivity index (χ3v) is 4.40. The summed E-state index contributed by atoms with van der Waals surface area (Å²) in [5.41, 5.74) is 4.15. The van der Waals surface area contributed by atoms with Gasteiger partial charge in [-0.3, -0.25) is 9.69 Å². The van der Waals surface area contributed by atoms with E-state index < -0.39 is 0 Å². The highest BCUT2D eigenvalue weighted by molar-refractivity contribution is 5.95. The van der Waals surface area contributed by atoms with Crippen LogP contribution in [0.5, 0.6) is 0 Å². The number of nitrogens with zero attached hydrogens (tertiary/aromatic N) is 1. The Morgan fingerprint density at radius 3 is 2.08 bits per heavy atom. The summed E-state index contributed by atoms with van der Waals surface area (Å²) in [6, 6.07) is 27.6. The first-order chi connectivity index (χ1) is 12.6. The quantitative estimate of drug-likeness (QED) is 0.696. The summed E-state index contributed by atoms with van der Waals surface area (Å²) >= 11 is 0. The van der Waals surface area contributed by atoms with E-state index in [-0.39, 0.29) is 11.9 Å². The van der Waals surface area contributed by atoms with Crippen molar-refractivity contribution in [3.63, 3.8) is 0 Å². The maximum Gasteiger partial charge on any atom is 0.246 e. The van der Waals surface area contributed by atoms with Gasteiger partial charge in [-0.2, -0.15) is 0 Å². The van der Waals surface area contributed by atoms with E-state index >= 15 is 0 Å². The molecule has 0 aliphatic carbocycles. The molecule has 0 saturated carbocycles. The predicted octanol–water partition coefficient (Wildman–Crippen LogP) is 4.81. The van der Waals surface area contributed by atoms with Crippen LogP contribution in [0, 0.1) is 6.92 Å². The van der Waals surface area contributed by atoms with E-state index in [1.54, 1.807) is 0 Å². The highest BCUT2D eigenvalue weighted by atomic mass is 16.2. The second-order valence-corrected chi connectivity index (χ2v) is 6.57. The first-order valence-electron chi connectivity index (χ1n) is 8.80. The van der Waals surface area contributed by atoms with Crippen LogP contribution in [0.4, 0.5) is 5.69 Å². The Morgan fingerprint density at radius 2 is 1.46 bits per heavy atom. The lowest BCUT2D eigenvalue weighted by Crippen LogP contribution is -2.34. The molecule has 3 rings (SSSR count). The fourth-order valence-electron chi connectivity index (χ4n) is 3.05. The Hall–Kier alpha value is -2.91. The highest BCUT2D eigenvalue weighted by Gasteiger charge is 2.25. The van der Waals surface area contributed by atoms with Gasteiger partial charge in [0.1, 0.15) is 6.04 Å². The smallest absolute Gasteiger partial charge is 0.246 e. The first kappa shape index (κ1) is 17.9. The molecule has 3 heteroatoms. The van der Waals surface area contributed by atoms with Gasteiger partial charge in [-0.05, 0) is 37.2 Å². The standard InChI is InChI=1S/C23H24N2O/c1-18-13-15-21(16-14-18)24-23(26)22(20-11-7-4-8-12-20)25(2)17-19-9-5-3-6-10-19/h3-16,22H,17H2,1-2H3,(H,24,26)/t22-/m0/s1. The number of amides is 1. The van der Waals surface area contributed by atoms with Crippen molar-refractivity contribution in [1.82, 2.24) is 4.90 Å². The number of hydrogen-bond donors (Lipinski definition) is 1. The van der Waals surface area contributed by atoms with Crippen molar-refractivity contribution < 1.29 is 4.79 Å². The van der Waals surface area contributed by atoms with Crippen LogP contribution < -0.4 is 5.32 Å². The number of carbonyl (C=O) groups is 1. The van der Waals surface area contributed by atoms with Crippen LogP contribution in [-0.2, 0) is 11.3 Å². The summed E-state index contributed by atoms with van der Waals surface area (Å²) in [4.78, 5) is 15.2. The third kappa shape index (κ3) is 4.58. The van der Waals surface area contributed by atoms with E-state index in [4.69, 9.17) is 0 Å². The fraction of sp³-hybridized carbons (Fsp3) is 0.174. The third-order valence-electron chi connectivity index (χ3n) is 4.40. The molecule has 3 aromatic carbocycles. The van der Waals surface area contributed by atoms with Crippen molar-refractivity contribution in [1.29, 1.82) is 0 Å². The minimum atomic E-state index is -0.363. The number of benzene rings is 3. The Labute approximate surface area is 155 Å². The van der Waals surface area contributed by atoms with Crippen molar-refractivity contribution in [2.45, 2.75) is 19.5 Å². The minimum absolute atomic E-state index is 0.0292. The molecule has 3 aromatic rings. The molecule has 0 bridgehead atoms. The van der Waals surface area contributed by atoms with Gasteiger partial charge >= 0.3 is 0 Å². The molecule has 0 saturated heterocycles. The second kappa shape index (κ2) is 8.45. The molecule has 132 valence electrons. The molecule has 0 heterocycles. The lowest BCUT2D eigenvalue weighted by molar-refractivity contribution is -0.121. The first-order valence-corrected chi connectivity index (χ1v) is 8.80.